The summed E-state index contributed by atoms with van der Waals surface area (Å²) >= 11 is 0. The molecule has 7 nitrogen and oxygen atoms in total. The van der Waals surface area contributed by atoms with Crippen LogP contribution in [0.5, 0.6) is 5.75 Å². The van der Waals surface area contributed by atoms with Crippen LogP contribution < -0.4 is 20.7 Å². The van der Waals surface area contributed by atoms with Crippen LogP contribution in [-0.2, 0) is 11.2 Å². The summed E-state index contributed by atoms with van der Waals surface area (Å²) in [5, 5.41) is 3.04. The van der Waals surface area contributed by atoms with E-state index in [-0.39, 0.29) is 17.2 Å². The van der Waals surface area contributed by atoms with E-state index in [1.807, 2.05) is 37.2 Å². The molecular formula is C27H34N4O3. The number of carbonyl (C=O) groups is 2. The molecule has 0 radical (unpaired) electrons. The average Bonchev–Trinajstić information content (AvgIpc) is 3.15. The molecule has 2 aromatic carbocycles. The van der Waals surface area contributed by atoms with Gasteiger partial charge in [0.25, 0.3) is 5.91 Å². The van der Waals surface area contributed by atoms with Gasteiger partial charge in [0, 0.05) is 42.6 Å². The second-order valence-corrected chi connectivity index (χ2v) is 9.56. The number of hydrogen-bond acceptors (Lipinski definition) is 5. The third-order valence-corrected chi connectivity index (χ3v) is 6.87. The van der Waals surface area contributed by atoms with Crippen molar-refractivity contribution in [1.82, 2.24) is 10.2 Å². The molecule has 1 unspecified atom stereocenters. The number of nitrogens with two attached hydrogens (primary N) is 1. The summed E-state index contributed by atoms with van der Waals surface area (Å²) in [5.74, 6) is 0.389. The molecule has 1 atom stereocenters. The molecule has 0 fully saturated rings. The van der Waals surface area contributed by atoms with Gasteiger partial charge in [-0.1, -0.05) is 24.3 Å². The standard InChI is InChI=1S/C27H34N4O3/c1-30(2)15-13-29-25(32)20-10-11-27(18-20)12-14-31(23-7-5-4-6-19(23)17-27)26(33)22-9-8-21(28)16-24(22)34-3/h4-9,16,18H,10-15,17,28H2,1-3H3,(H,29,32). The Morgan fingerprint density at radius 3 is 2.74 bits per heavy atom. The highest BCUT2D eigenvalue weighted by atomic mass is 16.5. The molecule has 0 aromatic heterocycles. The third kappa shape index (κ3) is 4.94. The summed E-state index contributed by atoms with van der Waals surface area (Å²) in [5.41, 5.74) is 9.70. The van der Waals surface area contributed by atoms with E-state index in [1.54, 1.807) is 25.3 Å². The molecule has 0 saturated carbocycles. The Morgan fingerprint density at radius 2 is 1.97 bits per heavy atom. The number of nitrogens with one attached hydrogen (secondary N) is 1. The van der Waals surface area contributed by atoms with Crippen molar-refractivity contribution >= 4 is 23.2 Å². The fraction of sp³-hybridized carbons (Fsp3) is 0.407. The maximum absolute atomic E-state index is 13.7. The van der Waals surface area contributed by atoms with Gasteiger partial charge in [-0.2, -0.15) is 0 Å². The number of amides is 2. The van der Waals surface area contributed by atoms with Gasteiger partial charge in [-0.3, -0.25) is 9.59 Å². The number of para-hydroxylation sites is 1. The van der Waals surface area contributed by atoms with Crippen LogP contribution in [0.15, 0.2) is 54.1 Å². The topological polar surface area (TPSA) is 87.9 Å². The maximum Gasteiger partial charge on any atom is 0.262 e. The number of allylic oxidation sites excluding steroid dienone is 1. The van der Waals surface area contributed by atoms with Gasteiger partial charge < -0.3 is 25.6 Å². The fourth-order valence-corrected chi connectivity index (χ4v) is 5.01. The molecule has 0 saturated heterocycles. The lowest BCUT2D eigenvalue weighted by molar-refractivity contribution is -0.117. The molecule has 34 heavy (non-hydrogen) atoms. The molecule has 0 bridgehead atoms. The number of nitrogens with zero attached hydrogens (tertiary/aromatic N) is 2. The van der Waals surface area contributed by atoms with Crippen molar-refractivity contribution < 1.29 is 14.3 Å². The van der Waals surface area contributed by atoms with Crippen molar-refractivity contribution in [3.63, 3.8) is 0 Å². The molecule has 1 spiro atoms. The quantitative estimate of drug-likeness (QED) is 0.644. The summed E-state index contributed by atoms with van der Waals surface area (Å²) in [4.78, 5) is 30.3. The number of fused-ring (bicyclic) bond motifs is 1. The number of anilines is 2. The van der Waals surface area contributed by atoms with Gasteiger partial charge in [0.05, 0.1) is 12.7 Å². The summed E-state index contributed by atoms with van der Waals surface area (Å²) in [6.45, 7) is 2.00. The molecule has 1 aliphatic carbocycles. The Morgan fingerprint density at radius 1 is 1.18 bits per heavy atom. The first-order valence-corrected chi connectivity index (χ1v) is 11.8. The van der Waals surface area contributed by atoms with Gasteiger partial charge in [0.15, 0.2) is 0 Å². The maximum atomic E-state index is 13.7. The Bertz CT molecular complexity index is 1110. The lowest BCUT2D eigenvalue weighted by atomic mass is 9.79. The summed E-state index contributed by atoms with van der Waals surface area (Å²) in [6.07, 6.45) is 5.44. The van der Waals surface area contributed by atoms with E-state index in [2.05, 4.69) is 22.4 Å². The largest absolute Gasteiger partial charge is 0.496 e. The molecule has 2 aliphatic rings. The monoisotopic (exact) mass is 462 g/mol. The minimum atomic E-state index is -0.134. The van der Waals surface area contributed by atoms with Gasteiger partial charge in [0.2, 0.25) is 5.91 Å². The molecule has 1 aliphatic heterocycles. The third-order valence-electron chi connectivity index (χ3n) is 6.87. The van der Waals surface area contributed by atoms with E-state index >= 15 is 0 Å². The first kappa shape index (κ1) is 23.8. The highest BCUT2D eigenvalue weighted by Gasteiger charge is 2.39. The number of nitrogen functional groups attached to an aromatic ring is 1. The van der Waals surface area contributed by atoms with Crippen LogP contribution in [0.25, 0.3) is 0 Å². The van der Waals surface area contributed by atoms with Crippen molar-refractivity contribution in [2.24, 2.45) is 5.41 Å². The lowest BCUT2D eigenvalue weighted by Gasteiger charge is -2.26. The van der Waals surface area contributed by atoms with Crippen LogP contribution >= 0.6 is 0 Å². The Kier molecular flexibility index (Phi) is 6.93. The Labute approximate surface area is 201 Å². The molecule has 2 amide bonds. The molecule has 7 heteroatoms. The number of hydrogen-bond donors (Lipinski definition) is 2. The summed E-state index contributed by atoms with van der Waals surface area (Å²) in [6, 6.07) is 13.2. The Hall–Kier alpha value is -3.32. The molecule has 1 heterocycles. The molecule has 2 aromatic rings. The normalized spacial score (nSPS) is 19.5. The van der Waals surface area contributed by atoms with Crippen molar-refractivity contribution in [2.75, 3.05) is 51.5 Å². The molecule has 4 rings (SSSR count). The first-order valence-electron chi connectivity index (χ1n) is 11.8. The molecule has 3 N–H and O–H groups in total. The van der Waals surface area contributed by atoms with E-state index in [0.29, 0.717) is 30.1 Å². The van der Waals surface area contributed by atoms with Crippen LogP contribution in [0.1, 0.15) is 35.2 Å². The van der Waals surface area contributed by atoms with Crippen molar-refractivity contribution in [2.45, 2.75) is 25.7 Å². The van der Waals surface area contributed by atoms with E-state index in [9.17, 15) is 9.59 Å². The van der Waals surface area contributed by atoms with Gasteiger partial charge in [-0.25, -0.2) is 0 Å². The van der Waals surface area contributed by atoms with E-state index in [0.717, 1.165) is 49.1 Å². The smallest absolute Gasteiger partial charge is 0.262 e. The predicted molar refractivity (Wildman–Crippen MR) is 135 cm³/mol. The van der Waals surface area contributed by atoms with Gasteiger partial charge in [-0.05, 0) is 69.0 Å². The average molecular weight is 463 g/mol. The van der Waals surface area contributed by atoms with Gasteiger partial charge in [-0.15, -0.1) is 0 Å². The van der Waals surface area contributed by atoms with Crippen molar-refractivity contribution in [3.8, 4) is 5.75 Å². The van der Waals surface area contributed by atoms with E-state index in [1.165, 1.54) is 0 Å². The Balaban J connectivity index is 1.60. The second-order valence-electron chi connectivity index (χ2n) is 9.56. The highest BCUT2D eigenvalue weighted by molar-refractivity contribution is 6.08. The summed E-state index contributed by atoms with van der Waals surface area (Å²) in [7, 11) is 5.53. The van der Waals surface area contributed by atoms with Crippen LogP contribution in [0, 0.1) is 5.41 Å². The first-order chi connectivity index (χ1) is 16.3. The predicted octanol–water partition coefficient (Wildman–Crippen LogP) is 3.25. The fourth-order valence-electron chi connectivity index (χ4n) is 5.01. The number of ether oxygens (including phenoxy) is 1. The minimum absolute atomic E-state index is 0.0239. The van der Waals surface area contributed by atoms with Gasteiger partial charge >= 0.3 is 0 Å². The zero-order valence-corrected chi connectivity index (χ0v) is 20.3. The van der Waals surface area contributed by atoms with E-state index in [4.69, 9.17) is 10.5 Å². The van der Waals surface area contributed by atoms with Crippen molar-refractivity contribution in [1.29, 1.82) is 0 Å². The van der Waals surface area contributed by atoms with E-state index < -0.39 is 0 Å². The highest BCUT2D eigenvalue weighted by Crippen LogP contribution is 2.46. The van der Waals surface area contributed by atoms with Gasteiger partial charge in [0.1, 0.15) is 5.75 Å². The van der Waals surface area contributed by atoms with Crippen LogP contribution in [0.3, 0.4) is 0 Å². The van der Waals surface area contributed by atoms with Crippen LogP contribution in [0.2, 0.25) is 0 Å². The van der Waals surface area contributed by atoms with Crippen LogP contribution in [0.4, 0.5) is 11.4 Å². The number of carbonyl (C=O) groups excluding carboxylic acids is 2. The van der Waals surface area contributed by atoms with Crippen LogP contribution in [-0.4, -0.2) is 57.6 Å². The molecule has 180 valence electrons. The number of methoxy groups -OCH3 is 1. The van der Waals surface area contributed by atoms with Crippen molar-refractivity contribution in [3.05, 3.63) is 65.2 Å². The SMILES string of the molecule is COc1cc(N)ccc1C(=O)N1CCC2(C=C(C(=O)NCCN(C)C)CC2)Cc2ccccc21. The zero-order valence-electron chi connectivity index (χ0n) is 20.3. The second kappa shape index (κ2) is 9.89. The number of likely N-dealkylation sites (N-methyl/N-ethyl adjacent to an activating group) is 1. The molecular weight excluding hydrogens is 428 g/mol. The zero-order chi connectivity index (χ0) is 24.3. The summed E-state index contributed by atoms with van der Waals surface area (Å²) < 4.78 is 5.45. The number of benzene rings is 2. The lowest BCUT2D eigenvalue weighted by Crippen LogP contribution is -2.33. The number of rotatable bonds is 6. The minimum Gasteiger partial charge on any atom is -0.496 e.